The van der Waals surface area contributed by atoms with Crippen molar-refractivity contribution in [3.05, 3.63) is 75.3 Å². The lowest BCUT2D eigenvalue weighted by Crippen LogP contribution is -2.20. The standard InChI is InChI=1S/C18H16ClN3O3S/c1-21-8-4-7-15(21)17(24)25-12-16(23)20-18-22(9-10-26-18)11-13-5-2-3-6-14(13)19/h2-10H,11-12H2,1H3. The number of carbonyl (C=O) groups excluding carboxylic acids is 2. The van der Waals surface area contributed by atoms with Crippen molar-refractivity contribution in [1.82, 2.24) is 9.13 Å². The smallest absolute Gasteiger partial charge is 0.355 e. The maximum atomic E-state index is 12.1. The number of ether oxygens (including phenoxy) is 1. The average molecular weight is 390 g/mol. The fourth-order valence-electron chi connectivity index (χ4n) is 2.33. The lowest BCUT2D eigenvalue weighted by molar-refractivity contribution is -0.121. The molecule has 0 atom stereocenters. The van der Waals surface area contributed by atoms with E-state index in [2.05, 4.69) is 4.99 Å². The monoisotopic (exact) mass is 389 g/mol. The van der Waals surface area contributed by atoms with Gasteiger partial charge < -0.3 is 13.9 Å². The van der Waals surface area contributed by atoms with Crippen LogP contribution in [0.1, 0.15) is 16.1 Å². The Balaban J connectivity index is 1.68. The molecular formula is C18H16ClN3O3S. The fourth-order valence-corrected chi connectivity index (χ4v) is 3.27. The van der Waals surface area contributed by atoms with Gasteiger partial charge in [0.25, 0.3) is 5.91 Å². The first kappa shape index (κ1) is 18.2. The molecule has 0 saturated carbocycles. The molecule has 26 heavy (non-hydrogen) atoms. The summed E-state index contributed by atoms with van der Waals surface area (Å²) in [4.78, 5) is 28.5. The van der Waals surface area contributed by atoms with Gasteiger partial charge in [-0.05, 0) is 23.8 Å². The Labute approximate surface area is 158 Å². The van der Waals surface area contributed by atoms with E-state index in [0.717, 1.165) is 5.56 Å². The molecule has 3 aromatic rings. The van der Waals surface area contributed by atoms with Crippen molar-refractivity contribution in [2.75, 3.05) is 6.61 Å². The summed E-state index contributed by atoms with van der Waals surface area (Å²) in [5.41, 5.74) is 1.30. The first-order chi connectivity index (χ1) is 12.5. The molecule has 0 unspecified atom stereocenters. The van der Waals surface area contributed by atoms with E-state index in [-0.39, 0.29) is 0 Å². The SMILES string of the molecule is Cn1cccc1C(=O)OCC(=O)N=c1sccn1Cc1ccccc1Cl. The molecule has 0 aliphatic carbocycles. The highest BCUT2D eigenvalue weighted by Gasteiger charge is 2.12. The Morgan fingerprint density at radius 2 is 2.00 bits per heavy atom. The van der Waals surface area contributed by atoms with Gasteiger partial charge in [-0.25, -0.2) is 4.79 Å². The van der Waals surface area contributed by atoms with Crippen LogP contribution in [0.5, 0.6) is 0 Å². The second-order valence-corrected chi connectivity index (χ2v) is 6.77. The first-order valence-corrected chi connectivity index (χ1v) is 9.03. The molecule has 0 aliphatic rings. The number of aryl methyl sites for hydroxylation is 1. The highest BCUT2D eigenvalue weighted by molar-refractivity contribution is 7.07. The van der Waals surface area contributed by atoms with Gasteiger partial charge in [0, 0.05) is 29.8 Å². The molecule has 1 aromatic carbocycles. The van der Waals surface area contributed by atoms with Gasteiger partial charge in [0.15, 0.2) is 11.4 Å². The van der Waals surface area contributed by atoms with E-state index >= 15 is 0 Å². The number of aromatic nitrogens is 2. The van der Waals surface area contributed by atoms with Crippen molar-refractivity contribution in [3.8, 4) is 0 Å². The number of hydrogen-bond acceptors (Lipinski definition) is 4. The minimum atomic E-state index is -0.559. The molecule has 0 saturated heterocycles. The summed E-state index contributed by atoms with van der Waals surface area (Å²) in [5.74, 6) is -1.08. The minimum absolute atomic E-state index is 0.378. The molecule has 0 spiro atoms. The summed E-state index contributed by atoms with van der Waals surface area (Å²) in [6.45, 7) is 0.0897. The first-order valence-electron chi connectivity index (χ1n) is 7.78. The van der Waals surface area contributed by atoms with Gasteiger partial charge in [-0.15, -0.1) is 11.3 Å². The van der Waals surface area contributed by atoms with Gasteiger partial charge in [0.1, 0.15) is 5.69 Å². The van der Waals surface area contributed by atoms with E-state index in [9.17, 15) is 9.59 Å². The zero-order valence-corrected chi connectivity index (χ0v) is 15.5. The van der Waals surface area contributed by atoms with Crippen LogP contribution in [0.15, 0.2) is 59.2 Å². The third kappa shape index (κ3) is 4.30. The minimum Gasteiger partial charge on any atom is -0.451 e. The van der Waals surface area contributed by atoms with Crippen LogP contribution in [-0.2, 0) is 23.1 Å². The topological polar surface area (TPSA) is 65.6 Å². The molecule has 2 aromatic heterocycles. The molecule has 0 N–H and O–H groups in total. The van der Waals surface area contributed by atoms with Gasteiger partial charge in [-0.3, -0.25) is 4.79 Å². The molecular weight excluding hydrogens is 374 g/mol. The van der Waals surface area contributed by atoms with Crippen LogP contribution in [-0.4, -0.2) is 27.6 Å². The number of esters is 1. The molecule has 6 nitrogen and oxygen atoms in total. The van der Waals surface area contributed by atoms with Crippen LogP contribution >= 0.6 is 22.9 Å². The number of carbonyl (C=O) groups is 2. The van der Waals surface area contributed by atoms with Gasteiger partial charge >= 0.3 is 5.97 Å². The van der Waals surface area contributed by atoms with Crippen LogP contribution in [0.4, 0.5) is 0 Å². The average Bonchev–Trinajstić information content (AvgIpc) is 3.24. The van der Waals surface area contributed by atoms with Crippen LogP contribution in [0, 0.1) is 0 Å². The summed E-state index contributed by atoms with van der Waals surface area (Å²) < 4.78 is 8.47. The second-order valence-electron chi connectivity index (χ2n) is 5.49. The van der Waals surface area contributed by atoms with E-state index < -0.39 is 18.5 Å². The van der Waals surface area contributed by atoms with Gasteiger partial charge in [-0.2, -0.15) is 4.99 Å². The zero-order chi connectivity index (χ0) is 18.5. The molecule has 134 valence electrons. The Kier molecular flexibility index (Phi) is 5.70. The molecule has 3 rings (SSSR count). The van der Waals surface area contributed by atoms with Gasteiger partial charge in [0.2, 0.25) is 0 Å². The number of thiazole rings is 1. The maximum Gasteiger partial charge on any atom is 0.355 e. The van der Waals surface area contributed by atoms with Crippen molar-refractivity contribution in [2.24, 2.45) is 12.0 Å². The Morgan fingerprint density at radius 3 is 2.73 bits per heavy atom. The lowest BCUT2D eigenvalue weighted by Gasteiger charge is -2.05. The third-order valence-electron chi connectivity index (χ3n) is 3.66. The highest BCUT2D eigenvalue weighted by atomic mass is 35.5. The van der Waals surface area contributed by atoms with Crippen molar-refractivity contribution in [3.63, 3.8) is 0 Å². The van der Waals surface area contributed by atoms with E-state index in [0.29, 0.717) is 22.1 Å². The Morgan fingerprint density at radius 1 is 1.19 bits per heavy atom. The number of benzene rings is 1. The highest BCUT2D eigenvalue weighted by Crippen LogP contribution is 2.15. The number of hydrogen-bond donors (Lipinski definition) is 0. The van der Waals surface area contributed by atoms with Crippen molar-refractivity contribution >= 4 is 34.8 Å². The van der Waals surface area contributed by atoms with E-state index in [1.807, 2.05) is 40.4 Å². The van der Waals surface area contributed by atoms with Crippen LogP contribution in [0.3, 0.4) is 0 Å². The molecule has 2 heterocycles. The molecule has 1 amide bonds. The summed E-state index contributed by atoms with van der Waals surface area (Å²) in [6, 6.07) is 10.8. The van der Waals surface area contributed by atoms with Crippen LogP contribution < -0.4 is 4.80 Å². The Hall–Kier alpha value is -2.64. The number of amides is 1. The van der Waals surface area contributed by atoms with E-state index in [1.165, 1.54) is 11.3 Å². The zero-order valence-electron chi connectivity index (χ0n) is 14.0. The largest absolute Gasteiger partial charge is 0.451 e. The normalized spacial score (nSPS) is 11.5. The molecule has 0 bridgehead atoms. The van der Waals surface area contributed by atoms with Crippen LogP contribution in [0.25, 0.3) is 0 Å². The summed E-state index contributed by atoms with van der Waals surface area (Å²) >= 11 is 7.50. The van der Waals surface area contributed by atoms with Gasteiger partial charge in [0.05, 0.1) is 6.54 Å². The van der Waals surface area contributed by atoms with Crippen molar-refractivity contribution in [1.29, 1.82) is 0 Å². The predicted octanol–water partition coefficient (Wildman–Crippen LogP) is 2.87. The summed E-state index contributed by atoms with van der Waals surface area (Å²) in [7, 11) is 1.73. The molecule has 0 aliphatic heterocycles. The van der Waals surface area contributed by atoms with E-state index in [4.69, 9.17) is 16.3 Å². The summed E-state index contributed by atoms with van der Waals surface area (Å²) in [6.07, 6.45) is 3.56. The lowest BCUT2D eigenvalue weighted by atomic mass is 10.2. The number of nitrogens with zero attached hydrogens (tertiary/aromatic N) is 3. The molecule has 0 fully saturated rings. The number of rotatable bonds is 5. The molecule has 8 heteroatoms. The van der Waals surface area contributed by atoms with Crippen molar-refractivity contribution in [2.45, 2.75) is 6.54 Å². The van der Waals surface area contributed by atoms with Crippen LogP contribution in [0.2, 0.25) is 5.02 Å². The second kappa shape index (κ2) is 8.16. The van der Waals surface area contributed by atoms with E-state index in [1.54, 1.807) is 29.9 Å². The fraction of sp³-hybridized carbons (Fsp3) is 0.167. The number of halogens is 1. The van der Waals surface area contributed by atoms with Crippen molar-refractivity contribution < 1.29 is 14.3 Å². The van der Waals surface area contributed by atoms with Gasteiger partial charge in [-0.1, -0.05) is 29.8 Å². The Bertz CT molecular complexity index is 1000. The summed E-state index contributed by atoms with van der Waals surface area (Å²) in [5, 5.41) is 2.49. The third-order valence-corrected chi connectivity index (χ3v) is 4.82. The quantitative estimate of drug-likeness (QED) is 0.630. The predicted molar refractivity (Wildman–Crippen MR) is 99.1 cm³/mol. The maximum absolute atomic E-state index is 12.1. The molecule has 0 radical (unpaired) electrons.